The van der Waals surface area contributed by atoms with Crippen LogP contribution in [0.3, 0.4) is 0 Å². The van der Waals surface area contributed by atoms with Gasteiger partial charge in [-0.2, -0.15) is 0 Å². The molecule has 0 radical (unpaired) electrons. The average Bonchev–Trinajstić information content (AvgIpc) is 2.94. The Balaban J connectivity index is 2.50. The lowest BCUT2D eigenvalue weighted by molar-refractivity contribution is -0.152. The zero-order valence-electron chi connectivity index (χ0n) is 20.3. The molecule has 226 valence electrons. The fraction of sp³-hybridized carbons (Fsp3) is 0.500. The Bertz CT molecular complexity index is 1160. The summed E-state index contributed by atoms with van der Waals surface area (Å²) in [6.45, 7) is -0.0859. The first-order valence-electron chi connectivity index (χ1n) is 11.5. The van der Waals surface area contributed by atoms with Crippen molar-refractivity contribution in [3.63, 3.8) is 0 Å². The van der Waals surface area contributed by atoms with Gasteiger partial charge in [0.15, 0.2) is 46.5 Å². The molecular weight excluding hydrogens is 574 g/mol. The summed E-state index contributed by atoms with van der Waals surface area (Å²) in [5.74, 6) is -26.7. The van der Waals surface area contributed by atoms with Crippen LogP contribution < -0.4 is 0 Å². The summed E-state index contributed by atoms with van der Waals surface area (Å²) in [6, 6.07) is 0. The van der Waals surface area contributed by atoms with E-state index in [2.05, 4.69) is 0 Å². The van der Waals surface area contributed by atoms with Crippen molar-refractivity contribution in [3.8, 4) is 0 Å². The van der Waals surface area contributed by atoms with E-state index in [0.717, 1.165) is 6.92 Å². The van der Waals surface area contributed by atoms with Crippen LogP contribution in [0.15, 0.2) is 0 Å². The van der Waals surface area contributed by atoms with Gasteiger partial charge < -0.3 is 30.6 Å². The van der Waals surface area contributed by atoms with Gasteiger partial charge in [-0.15, -0.1) is 0 Å². The first-order chi connectivity index (χ1) is 18.5. The number of halogens is 10. The molecule has 2 rings (SSSR count). The minimum absolute atomic E-state index is 0.680. The third-order valence-corrected chi connectivity index (χ3v) is 6.69. The van der Waals surface area contributed by atoms with E-state index in [0.29, 0.717) is 0 Å². The van der Waals surface area contributed by atoms with Crippen molar-refractivity contribution in [2.75, 3.05) is 6.61 Å². The number of hydrogen-bond acceptors (Lipinski definition) is 6. The molecule has 0 aromatic heterocycles. The molecule has 0 heterocycles. The van der Waals surface area contributed by atoms with E-state index in [4.69, 9.17) is 5.11 Å². The maximum Gasteiger partial charge on any atom is 0.200 e. The van der Waals surface area contributed by atoms with Gasteiger partial charge in [0.1, 0.15) is 24.4 Å². The Kier molecular flexibility index (Phi) is 11.3. The monoisotopic (exact) mass is 598 g/mol. The molecule has 16 heteroatoms. The summed E-state index contributed by atoms with van der Waals surface area (Å²) in [4.78, 5) is 0. The van der Waals surface area contributed by atoms with E-state index < -0.39 is 138 Å². The van der Waals surface area contributed by atoms with E-state index in [1.54, 1.807) is 0 Å². The van der Waals surface area contributed by atoms with Crippen molar-refractivity contribution in [2.24, 2.45) is 11.8 Å². The summed E-state index contributed by atoms with van der Waals surface area (Å²) in [5, 5.41) is 59.3. The highest BCUT2D eigenvalue weighted by atomic mass is 19.2. The Labute approximate surface area is 219 Å². The summed E-state index contributed by atoms with van der Waals surface area (Å²) >= 11 is 0. The predicted molar refractivity (Wildman–Crippen MR) is 114 cm³/mol. The van der Waals surface area contributed by atoms with Crippen molar-refractivity contribution < 1.29 is 74.5 Å². The van der Waals surface area contributed by atoms with E-state index in [1.807, 2.05) is 0 Å². The lowest BCUT2D eigenvalue weighted by Gasteiger charge is -2.35. The van der Waals surface area contributed by atoms with Crippen LogP contribution in [-0.2, 0) is 12.8 Å². The van der Waals surface area contributed by atoms with Gasteiger partial charge in [-0.1, -0.05) is 6.92 Å². The minimum atomic E-state index is -2.53. The molecular formula is C24H24F10O6. The molecule has 0 aliphatic rings. The second-order valence-electron chi connectivity index (χ2n) is 9.19. The lowest BCUT2D eigenvalue weighted by atomic mass is 9.77. The van der Waals surface area contributed by atoms with Gasteiger partial charge in [-0.3, -0.25) is 0 Å². The first-order valence-corrected chi connectivity index (χ1v) is 11.5. The second kappa shape index (κ2) is 13.4. The summed E-state index contributed by atoms with van der Waals surface area (Å²) in [5.41, 5.74) is -2.84. The zero-order chi connectivity index (χ0) is 30.8. The Morgan fingerprint density at radius 3 is 1.25 bits per heavy atom. The zero-order valence-corrected chi connectivity index (χ0v) is 20.3. The van der Waals surface area contributed by atoms with Crippen molar-refractivity contribution in [1.82, 2.24) is 0 Å². The second-order valence-corrected chi connectivity index (χ2v) is 9.19. The maximum atomic E-state index is 14.4. The van der Waals surface area contributed by atoms with E-state index in [9.17, 15) is 69.4 Å². The van der Waals surface area contributed by atoms with E-state index in [-0.39, 0.29) is 0 Å². The molecule has 2 aromatic carbocycles. The van der Waals surface area contributed by atoms with Gasteiger partial charge in [-0.05, 0) is 31.1 Å². The molecule has 6 nitrogen and oxygen atoms in total. The molecule has 0 aliphatic heterocycles. The van der Waals surface area contributed by atoms with Crippen molar-refractivity contribution >= 4 is 0 Å². The smallest absolute Gasteiger partial charge is 0.200 e. The van der Waals surface area contributed by atoms with Gasteiger partial charge in [0.25, 0.3) is 0 Å². The highest BCUT2D eigenvalue weighted by Gasteiger charge is 2.40. The van der Waals surface area contributed by atoms with Crippen LogP contribution in [0.1, 0.15) is 24.5 Å². The van der Waals surface area contributed by atoms with Gasteiger partial charge in [0.2, 0.25) is 11.6 Å². The Morgan fingerprint density at radius 1 is 0.500 bits per heavy atom. The number of aliphatic hydroxyl groups is 6. The quantitative estimate of drug-likeness (QED) is 0.127. The normalized spacial score (nSPS) is 17.3. The molecule has 7 atom stereocenters. The number of hydrogen-bond donors (Lipinski definition) is 6. The number of aliphatic hydroxyl groups excluding tert-OH is 6. The summed E-state index contributed by atoms with van der Waals surface area (Å²) in [6.07, 6.45) is -14.8. The SMILES string of the molecule is CC(CCc1c(F)c(F)c(F)c(F)c1F)C(Cc1c(F)c(F)c(F)c(F)c1F)C(O)[C@@H](O)[C@@H](O)[C@H](O)[C@@H](O)CO. The molecule has 0 bridgehead atoms. The Morgan fingerprint density at radius 2 is 0.850 bits per heavy atom. The molecule has 2 aromatic rings. The highest BCUT2D eigenvalue weighted by molar-refractivity contribution is 5.26. The molecule has 0 amide bonds. The van der Waals surface area contributed by atoms with Crippen molar-refractivity contribution in [1.29, 1.82) is 0 Å². The predicted octanol–water partition coefficient (Wildman–Crippen LogP) is 2.30. The molecule has 0 aliphatic carbocycles. The number of benzene rings is 2. The molecule has 3 unspecified atom stereocenters. The van der Waals surface area contributed by atoms with Crippen LogP contribution in [0.5, 0.6) is 0 Å². The van der Waals surface area contributed by atoms with Gasteiger partial charge in [0.05, 0.1) is 12.7 Å². The van der Waals surface area contributed by atoms with Gasteiger partial charge in [-0.25, -0.2) is 43.9 Å². The molecule has 0 fully saturated rings. The Hall–Kier alpha value is -2.50. The van der Waals surface area contributed by atoms with Crippen molar-refractivity contribution in [3.05, 3.63) is 69.3 Å². The van der Waals surface area contributed by atoms with Gasteiger partial charge >= 0.3 is 0 Å². The fourth-order valence-electron chi connectivity index (χ4n) is 4.17. The lowest BCUT2D eigenvalue weighted by Crippen LogP contribution is -2.52. The standard InChI is InChI=1S/C24H24F10O6/c1-6(2-3-7-11(25)15(29)19(33)16(30)12(7)26)8(21(37)23(39)24(40)22(38)10(36)5-35)4-9-13(27)17(31)20(34)18(32)14(9)28/h6,8,10,21-24,35-40H,2-5H2,1H3/t6?,8?,10-,21?,22+,23+,24-/m0/s1. The first kappa shape index (κ1) is 33.7. The largest absolute Gasteiger partial charge is 0.394 e. The van der Waals surface area contributed by atoms with E-state index >= 15 is 0 Å². The molecule has 6 N–H and O–H groups in total. The van der Waals surface area contributed by atoms with Crippen LogP contribution in [0, 0.1) is 70.0 Å². The molecule has 0 saturated heterocycles. The van der Waals surface area contributed by atoms with E-state index in [1.165, 1.54) is 0 Å². The molecule has 40 heavy (non-hydrogen) atoms. The van der Waals surface area contributed by atoms with Crippen LogP contribution in [0.25, 0.3) is 0 Å². The third-order valence-electron chi connectivity index (χ3n) is 6.69. The third kappa shape index (κ3) is 6.52. The molecule has 0 spiro atoms. The van der Waals surface area contributed by atoms with Crippen LogP contribution in [0.2, 0.25) is 0 Å². The maximum absolute atomic E-state index is 14.4. The minimum Gasteiger partial charge on any atom is -0.394 e. The topological polar surface area (TPSA) is 121 Å². The number of rotatable bonds is 12. The van der Waals surface area contributed by atoms with Crippen LogP contribution in [-0.4, -0.2) is 67.8 Å². The van der Waals surface area contributed by atoms with Gasteiger partial charge in [0, 0.05) is 11.1 Å². The summed E-state index contributed by atoms with van der Waals surface area (Å²) in [7, 11) is 0. The highest BCUT2D eigenvalue weighted by Crippen LogP contribution is 2.33. The van der Waals surface area contributed by atoms with Crippen LogP contribution in [0.4, 0.5) is 43.9 Å². The summed E-state index contributed by atoms with van der Waals surface area (Å²) < 4.78 is 138. The van der Waals surface area contributed by atoms with Crippen LogP contribution >= 0.6 is 0 Å². The molecule has 0 saturated carbocycles. The average molecular weight is 598 g/mol. The van der Waals surface area contributed by atoms with Crippen molar-refractivity contribution in [2.45, 2.75) is 56.7 Å². The fourth-order valence-corrected chi connectivity index (χ4v) is 4.17.